The number of hydrogen-bond donors (Lipinski definition) is 1. The van der Waals surface area contributed by atoms with Crippen LogP contribution < -0.4 is 5.32 Å². The lowest BCUT2D eigenvalue weighted by atomic mass is 10.1. The van der Waals surface area contributed by atoms with Crippen molar-refractivity contribution in [3.8, 4) is 0 Å². The lowest BCUT2D eigenvalue weighted by Crippen LogP contribution is -2.54. The van der Waals surface area contributed by atoms with Gasteiger partial charge in [0.1, 0.15) is 6.26 Å². The van der Waals surface area contributed by atoms with Crippen LogP contribution in [0.1, 0.15) is 44.7 Å². The zero-order chi connectivity index (χ0) is 13.1. The number of piperazine rings is 1. The Kier molecular flexibility index (Phi) is 4.01. The Morgan fingerprint density at radius 2 is 2.39 bits per heavy atom. The summed E-state index contributed by atoms with van der Waals surface area (Å²) < 4.78 is 5.42. The van der Waals surface area contributed by atoms with Crippen molar-refractivity contribution in [3.63, 3.8) is 0 Å². The first-order chi connectivity index (χ1) is 8.61. The monoisotopic (exact) mass is 251 g/mol. The summed E-state index contributed by atoms with van der Waals surface area (Å²) >= 11 is 0. The molecule has 0 spiro atoms. The van der Waals surface area contributed by atoms with Gasteiger partial charge in [-0.1, -0.05) is 20.8 Å². The van der Waals surface area contributed by atoms with Crippen LogP contribution in [0.15, 0.2) is 10.7 Å². The van der Waals surface area contributed by atoms with Crippen molar-refractivity contribution < 1.29 is 9.21 Å². The van der Waals surface area contributed by atoms with Crippen molar-refractivity contribution in [2.24, 2.45) is 0 Å². The highest BCUT2D eigenvalue weighted by molar-refractivity contribution is 5.82. The Bertz CT molecular complexity index is 414. The summed E-state index contributed by atoms with van der Waals surface area (Å²) in [7, 11) is 0. The molecule has 1 saturated heterocycles. The number of carbonyl (C=O) groups excluding carboxylic acids is 1. The molecule has 2 rings (SSSR count). The van der Waals surface area contributed by atoms with Gasteiger partial charge < -0.3 is 9.73 Å². The lowest BCUT2D eigenvalue weighted by molar-refractivity contribution is -0.129. The second-order valence-electron chi connectivity index (χ2n) is 5.02. The molecule has 18 heavy (non-hydrogen) atoms. The van der Waals surface area contributed by atoms with Crippen LogP contribution >= 0.6 is 0 Å². The molecule has 1 aromatic rings. The molecule has 1 aromatic heterocycles. The molecule has 5 nitrogen and oxygen atoms in total. The normalized spacial score (nSPS) is 21.3. The maximum absolute atomic E-state index is 11.7. The lowest BCUT2D eigenvalue weighted by Gasteiger charge is -2.33. The van der Waals surface area contributed by atoms with Gasteiger partial charge in [0.15, 0.2) is 5.89 Å². The van der Waals surface area contributed by atoms with Crippen molar-refractivity contribution in [2.45, 2.75) is 45.7 Å². The van der Waals surface area contributed by atoms with Crippen LogP contribution in [-0.2, 0) is 11.3 Å². The molecule has 1 fully saturated rings. The summed E-state index contributed by atoms with van der Waals surface area (Å²) in [5.74, 6) is 1.18. The van der Waals surface area contributed by atoms with Gasteiger partial charge in [-0.15, -0.1) is 0 Å². The number of rotatable bonds is 4. The summed E-state index contributed by atoms with van der Waals surface area (Å²) in [6.07, 6.45) is 2.52. The number of nitrogens with one attached hydrogen (secondary N) is 1. The molecule has 1 N–H and O–H groups in total. The Hall–Kier alpha value is -1.36. The van der Waals surface area contributed by atoms with E-state index in [-0.39, 0.29) is 11.9 Å². The molecule has 0 unspecified atom stereocenters. The third kappa shape index (κ3) is 2.72. The van der Waals surface area contributed by atoms with E-state index >= 15 is 0 Å². The van der Waals surface area contributed by atoms with Gasteiger partial charge in [-0.2, -0.15) is 0 Å². The van der Waals surface area contributed by atoms with E-state index in [1.54, 1.807) is 6.26 Å². The predicted octanol–water partition coefficient (Wildman–Crippen LogP) is 1.51. The first-order valence-corrected chi connectivity index (χ1v) is 6.58. The SMILES string of the molecule is CC[C@H]1C(=O)NCCN1Cc1coc(C(C)C)n1. The Labute approximate surface area is 108 Å². The van der Waals surface area contributed by atoms with Gasteiger partial charge in [0, 0.05) is 25.6 Å². The third-order valence-corrected chi connectivity index (χ3v) is 3.26. The second-order valence-corrected chi connectivity index (χ2v) is 5.02. The topological polar surface area (TPSA) is 58.4 Å². The number of amides is 1. The highest BCUT2D eigenvalue weighted by atomic mass is 16.3. The number of nitrogens with zero attached hydrogens (tertiary/aromatic N) is 2. The minimum Gasteiger partial charge on any atom is -0.448 e. The van der Waals surface area contributed by atoms with Crippen LogP contribution in [-0.4, -0.2) is 34.9 Å². The standard InChI is InChI=1S/C13H21N3O2/c1-4-11-12(17)14-5-6-16(11)7-10-8-18-13(15-10)9(2)3/h8-9,11H,4-7H2,1-3H3,(H,14,17)/t11-/m0/s1. The molecule has 1 aliphatic heterocycles. The van der Waals surface area contributed by atoms with Crippen molar-refractivity contribution in [1.82, 2.24) is 15.2 Å². The third-order valence-electron chi connectivity index (χ3n) is 3.26. The summed E-state index contributed by atoms with van der Waals surface area (Å²) in [4.78, 5) is 18.4. The van der Waals surface area contributed by atoms with Crippen LogP contribution in [0.4, 0.5) is 0 Å². The molecule has 0 aromatic carbocycles. The molecule has 0 bridgehead atoms. The van der Waals surface area contributed by atoms with Crippen molar-refractivity contribution in [2.75, 3.05) is 13.1 Å². The molecule has 5 heteroatoms. The van der Waals surface area contributed by atoms with Crippen molar-refractivity contribution >= 4 is 5.91 Å². The van der Waals surface area contributed by atoms with Crippen LogP contribution in [0.2, 0.25) is 0 Å². The molecule has 2 heterocycles. The fraction of sp³-hybridized carbons (Fsp3) is 0.692. The highest BCUT2D eigenvalue weighted by Gasteiger charge is 2.28. The maximum Gasteiger partial charge on any atom is 0.237 e. The smallest absolute Gasteiger partial charge is 0.237 e. The fourth-order valence-corrected chi connectivity index (χ4v) is 2.26. The van der Waals surface area contributed by atoms with Gasteiger partial charge in [0.2, 0.25) is 5.91 Å². The molecular weight excluding hydrogens is 230 g/mol. The van der Waals surface area contributed by atoms with E-state index in [0.717, 1.165) is 24.6 Å². The van der Waals surface area contributed by atoms with Gasteiger partial charge in [-0.3, -0.25) is 9.69 Å². The van der Waals surface area contributed by atoms with Gasteiger partial charge >= 0.3 is 0 Å². The second kappa shape index (κ2) is 5.52. The van der Waals surface area contributed by atoms with Gasteiger partial charge in [-0.05, 0) is 6.42 Å². The maximum atomic E-state index is 11.7. The predicted molar refractivity (Wildman–Crippen MR) is 68.1 cm³/mol. The van der Waals surface area contributed by atoms with Gasteiger partial charge in [-0.25, -0.2) is 4.98 Å². The molecule has 0 radical (unpaired) electrons. The van der Waals surface area contributed by atoms with Crippen LogP contribution in [0, 0.1) is 0 Å². The Morgan fingerprint density at radius 1 is 1.61 bits per heavy atom. The van der Waals surface area contributed by atoms with E-state index in [1.165, 1.54) is 0 Å². The fourth-order valence-electron chi connectivity index (χ4n) is 2.26. The molecule has 0 saturated carbocycles. The highest BCUT2D eigenvalue weighted by Crippen LogP contribution is 2.17. The number of carbonyl (C=O) groups is 1. The number of hydrogen-bond acceptors (Lipinski definition) is 4. The quantitative estimate of drug-likeness (QED) is 0.881. The van der Waals surface area contributed by atoms with Crippen LogP contribution in [0.5, 0.6) is 0 Å². The summed E-state index contributed by atoms with van der Waals surface area (Å²) in [6, 6.07) is -0.0436. The van der Waals surface area contributed by atoms with Crippen LogP contribution in [0.25, 0.3) is 0 Å². The van der Waals surface area contributed by atoms with Crippen LogP contribution in [0.3, 0.4) is 0 Å². The molecular formula is C13H21N3O2. The largest absolute Gasteiger partial charge is 0.448 e. The van der Waals surface area contributed by atoms with E-state index < -0.39 is 0 Å². The molecule has 100 valence electrons. The van der Waals surface area contributed by atoms with Crippen molar-refractivity contribution in [3.05, 3.63) is 17.8 Å². The van der Waals surface area contributed by atoms with E-state index in [4.69, 9.17) is 4.42 Å². The summed E-state index contributed by atoms with van der Waals surface area (Å²) in [5, 5.41) is 2.90. The van der Waals surface area contributed by atoms with Gasteiger partial charge in [0.05, 0.1) is 11.7 Å². The first kappa shape index (κ1) is 13.1. The summed E-state index contributed by atoms with van der Waals surface area (Å²) in [6.45, 7) is 8.41. The minimum absolute atomic E-state index is 0.0436. The zero-order valence-electron chi connectivity index (χ0n) is 11.3. The average molecular weight is 251 g/mol. The van der Waals surface area contributed by atoms with E-state index in [9.17, 15) is 4.79 Å². The number of oxazole rings is 1. The molecule has 1 amide bonds. The van der Waals surface area contributed by atoms with E-state index in [0.29, 0.717) is 19.0 Å². The molecule has 0 aliphatic carbocycles. The molecule has 1 atom stereocenters. The Morgan fingerprint density at radius 3 is 3.00 bits per heavy atom. The molecule has 1 aliphatic rings. The van der Waals surface area contributed by atoms with E-state index in [1.807, 2.05) is 6.92 Å². The summed E-state index contributed by atoms with van der Waals surface area (Å²) in [5.41, 5.74) is 0.909. The van der Waals surface area contributed by atoms with Gasteiger partial charge in [0.25, 0.3) is 0 Å². The number of aromatic nitrogens is 1. The minimum atomic E-state index is -0.0436. The first-order valence-electron chi connectivity index (χ1n) is 6.58. The Balaban J connectivity index is 2.04. The van der Waals surface area contributed by atoms with E-state index in [2.05, 4.69) is 29.0 Å². The average Bonchev–Trinajstić information content (AvgIpc) is 2.78. The zero-order valence-corrected chi connectivity index (χ0v) is 11.3. The van der Waals surface area contributed by atoms with Crippen molar-refractivity contribution in [1.29, 1.82) is 0 Å².